The molecule has 3 heteroatoms. The van der Waals surface area contributed by atoms with Crippen LogP contribution in [0, 0.1) is 22.6 Å². The molecule has 2 rings (SSSR count). The van der Waals surface area contributed by atoms with Gasteiger partial charge in [-0.25, -0.2) is 4.39 Å². The maximum absolute atomic E-state index is 13.5. The van der Waals surface area contributed by atoms with Crippen LogP contribution >= 0.6 is 11.6 Å². The minimum Gasteiger partial charge on any atom is -0.313 e. The summed E-state index contributed by atoms with van der Waals surface area (Å²) in [6.07, 6.45) is 1.88. The fourth-order valence-electron chi connectivity index (χ4n) is 3.83. The molecule has 1 unspecified atom stereocenters. The Bertz CT molecular complexity index is 496. The molecular weight excluding hydrogens is 285 g/mol. The van der Waals surface area contributed by atoms with Gasteiger partial charge < -0.3 is 5.32 Å². The highest BCUT2D eigenvalue weighted by molar-refractivity contribution is 6.31. The van der Waals surface area contributed by atoms with Crippen molar-refractivity contribution in [2.75, 3.05) is 6.54 Å². The van der Waals surface area contributed by atoms with Crippen LogP contribution in [0.25, 0.3) is 0 Å². The van der Waals surface area contributed by atoms with Gasteiger partial charge in [-0.05, 0) is 59.9 Å². The second-order valence-corrected chi connectivity index (χ2v) is 7.83. The van der Waals surface area contributed by atoms with Crippen molar-refractivity contribution in [1.82, 2.24) is 5.32 Å². The summed E-state index contributed by atoms with van der Waals surface area (Å²) in [4.78, 5) is 0. The van der Waals surface area contributed by atoms with Crippen LogP contribution in [-0.2, 0) is 6.42 Å². The SMILES string of the molecule is CCCNC(Cc1cc(F)ccc1Cl)C1C(C)(C)C1(C)C. The van der Waals surface area contributed by atoms with Crippen molar-refractivity contribution in [3.8, 4) is 0 Å². The van der Waals surface area contributed by atoms with Crippen LogP contribution in [0.5, 0.6) is 0 Å². The molecule has 1 saturated carbocycles. The molecule has 1 aromatic rings. The van der Waals surface area contributed by atoms with Gasteiger partial charge in [0, 0.05) is 11.1 Å². The Morgan fingerprint density at radius 2 is 1.86 bits per heavy atom. The van der Waals surface area contributed by atoms with E-state index >= 15 is 0 Å². The molecule has 1 aliphatic rings. The van der Waals surface area contributed by atoms with E-state index in [0.29, 0.717) is 27.8 Å². The lowest BCUT2D eigenvalue weighted by Gasteiger charge is -2.21. The summed E-state index contributed by atoms with van der Waals surface area (Å²) in [7, 11) is 0. The predicted molar refractivity (Wildman–Crippen MR) is 88.2 cm³/mol. The van der Waals surface area contributed by atoms with Crippen LogP contribution in [0.15, 0.2) is 18.2 Å². The summed E-state index contributed by atoms with van der Waals surface area (Å²) in [5.41, 5.74) is 1.51. The van der Waals surface area contributed by atoms with E-state index in [1.807, 2.05) is 0 Å². The van der Waals surface area contributed by atoms with Gasteiger partial charge in [0.1, 0.15) is 5.82 Å². The van der Waals surface area contributed by atoms with Crippen LogP contribution in [0.3, 0.4) is 0 Å². The molecule has 0 saturated heterocycles. The van der Waals surface area contributed by atoms with Gasteiger partial charge in [-0.15, -0.1) is 0 Å². The molecule has 1 aliphatic carbocycles. The Labute approximate surface area is 133 Å². The van der Waals surface area contributed by atoms with Crippen LogP contribution in [0.2, 0.25) is 5.02 Å². The molecule has 0 heterocycles. The van der Waals surface area contributed by atoms with Crippen LogP contribution < -0.4 is 5.32 Å². The average Bonchev–Trinajstić information content (AvgIpc) is 2.80. The maximum atomic E-state index is 13.5. The Morgan fingerprint density at radius 1 is 1.24 bits per heavy atom. The van der Waals surface area contributed by atoms with Crippen molar-refractivity contribution in [3.05, 3.63) is 34.6 Å². The van der Waals surface area contributed by atoms with E-state index in [4.69, 9.17) is 11.6 Å². The normalized spacial score (nSPS) is 21.3. The number of halogens is 2. The van der Waals surface area contributed by atoms with E-state index in [1.165, 1.54) is 6.07 Å². The largest absolute Gasteiger partial charge is 0.313 e. The number of rotatable bonds is 6. The molecule has 0 aliphatic heterocycles. The highest BCUT2D eigenvalue weighted by Gasteiger charge is 2.66. The van der Waals surface area contributed by atoms with Gasteiger partial charge in [0.2, 0.25) is 0 Å². The van der Waals surface area contributed by atoms with Crippen molar-refractivity contribution >= 4 is 11.6 Å². The zero-order chi connectivity index (χ0) is 15.8. The molecule has 1 N–H and O–H groups in total. The molecule has 0 radical (unpaired) electrons. The first-order valence-corrected chi connectivity index (χ1v) is 8.27. The van der Waals surface area contributed by atoms with Gasteiger partial charge in [-0.2, -0.15) is 0 Å². The molecule has 0 aromatic heterocycles. The molecule has 118 valence electrons. The number of hydrogen-bond acceptors (Lipinski definition) is 1. The quantitative estimate of drug-likeness (QED) is 0.773. The van der Waals surface area contributed by atoms with Crippen LogP contribution in [0.4, 0.5) is 4.39 Å². The molecule has 1 aromatic carbocycles. The fourth-order valence-corrected chi connectivity index (χ4v) is 4.02. The third-order valence-electron chi connectivity index (χ3n) is 5.64. The Hall–Kier alpha value is -0.600. The molecule has 0 bridgehead atoms. The van der Waals surface area contributed by atoms with E-state index in [0.717, 1.165) is 24.9 Å². The highest BCUT2D eigenvalue weighted by Crippen LogP contribution is 2.69. The van der Waals surface area contributed by atoms with E-state index in [1.54, 1.807) is 12.1 Å². The Balaban J connectivity index is 2.20. The molecular formula is C18H27ClFN. The molecule has 21 heavy (non-hydrogen) atoms. The van der Waals surface area contributed by atoms with E-state index in [-0.39, 0.29) is 5.82 Å². The third-order valence-corrected chi connectivity index (χ3v) is 6.01. The highest BCUT2D eigenvalue weighted by atomic mass is 35.5. The third kappa shape index (κ3) is 3.12. The van der Waals surface area contributed by atoms with Gasteiger partial charge in [0.05, 0.1) is 0 Å². The number of benzene rings is 1. The minimum atomic E-state index is -0.210. The van der Waals surface area contributed by atoms with Crippen LogP contribution in [0.1, 0.15) is 46.6 Å². The Kier molecular flexibility index (Phi) is 4.70. The standard InChI is InChI=1S/C18H27ClFN/c1-6-9-21-15(16-17(2,3)18(16,4)5)11-12-10-13(20)7-8-14(12)19/h7-8,10,15-16,21H,6,9,11H2,1-5H3. The molecule has 1 atom stereocenters. The molecule has 1 nitrogen and oxygen atoms in total. The lowest BCUT2D eigenvalue weighted by Crippen LogP contribution is -2.36. The monoisotopic (exact) mass is 311 g/mol. The summed E-state index contributed by atoms with van der Waals surface area (Å²) >= 11 is 6.25. The molecule has 0 spiro atoms. The lowest BCUT2D eigenvalue weighted by atomic mass is 9.96. The zero-order valence-electron chi connectivity index (χ0n) is 13.8. The minimum absolute atomic E-state index is 0.210. The summed E-state index contributed by atoms with van der Waals surface area (Å²) < 4.78 is 13.5. The fraction of sp³-hybridized carbons (Fsp3) is 0.667. The van der Waals surface area contributed by atoms with Crippen molar-refractivity contribution in [2.45, 2.75) is 53.5 Å². The first-order chi connectivity index (χ1) is 9.71. The van der Waals surface area contributed by atoms with Gasteiger partial charge in [-0.1, -0.05) is 46.2 Å². The van der Waals surface area contributed by atoms with Gasteiger partial charge in [-0.3, -0.25) is 0 Å². The number of hydrogen-bond donors (Lipinski definition) is 1. The second-order valence-electron chi connectivity index (χ2n) is 7.42. The lowest BCUT2D eigenvalue weighted by molar-refractivity contribution is 0.395. The van der Waals surface area contributed by atoms with Crippen molar-refractivity contribution < 1.29 is 4.39 Å². The Morgan fingerprint density at radius 3 is 2.38 bits per heavy atom. The van der Waals surface area contributed by atoms with Gasteiger partial charge in [0.15, 0.2) is 0 Å². The second kappa shape index (κ2) is 5.89. The van der Waals surface area contributed by atoms with E-state index in [2.05, 4.69) is 39.9 Å². The van der Waals surface area contributed by atoms with Crippen molar-refractivity contribution in [1.29, 1.82) is 0 Å². The summed E-state index contributed by atoms with van der Waals surface area (Å²) in [5, 5.41) is 4.32. The van der Waals surface area contributed by atoms with Crippen molar-refractivity contribution in [3.63, 3.8) is 0 Å². The topological polar surface area (TPSA) is 12.0 Å². The first-order valence-electron chi connectivity index (χ1n) is 7.89. The smallest absolute Gasteiger partial charge is 0.123 e. The van der Waals surface area contributed by atoms with E-state index < -0.39 is 0 Å². The van der Waals surface area contributed by atoms with Crippen LogP contribution in [-0.4, -0.2) is 12.6 Å². The molecule has 0 amide bonds. The maximum Gasteiger partial charge on any atom is 0.123 e. The van der Waals surface area contributed by atoms with Gasteiger partial charge >= 0.3 is 0 Å². The first kappa shape index (κ1) is 16.8. The summed E-state index contributed by atoms with van der Waals surface area (Å²) in [6.45, 7) is 12.5. The van der Waals surface area contributed by atoms with Crippen molar-refractivity contribution in [2.24, 2.45) is 16.7 Å². The van der Waals surface area contributed by atoms with E-state index in [9.17, 15) is 4.39 Å². The average molecular weight is 312 g/mol. The molecule has 1 fully saturated rings. The predicted octanol–water partition coefficient (Wildman–Crippen LogP) is 5.07. The summed E-state index contributed by atoms with van der Waals surface area (Å²) in [5.74, 6) is 0.369. The number of nitrogens with one attached hydrogen (secondary N) is 1. The zero-order valence-corrected chi connectivity index (χ0v) is 14.5. The summed E-state index contributed by atoms with van der Waals surface area (Å²) in [6, 6.07) is 5.00. The van der Waals surface area contributed by atoms with Gasteiger partial charge in [0.25, 0.3) is 0 Å².